The molecule has 0 bridgehead atoms. The summed E-state index contributed by atoms with van der Waals surface area (Å²) in [5, 5.41) is 0. The topological polar surface area (TPSA) is 39.8 Å². The van der Waals surface area contributed by atoms with Crippen molar-refractivity contribution >= 4 is 17.4 Å². The number of pyridine rings is 1. The summed E-state index contributed by atoms with van der Waals surface area (Å²) in [6.45, 7) is 8.72. The van der Waals surface area contributed by atoms with Gasteiger partial charge < -0.3 is 9.80 Å². The van der Waals surface area contributed by atoms with Gasteiger partial charge in [0, 0.05) is 30.8 Å². The highest BCUT2D eigenvalue weighted by molar-refractivity contribution is 6.09. The van der Waals surface area contributed by atoms with Crippen LogP contribution >= 0.6 is 0 Å². The molecule has 5 heteroatoms. The van der Waals surface area contributed by atoms with Crippen LogP contribution in [0.15, 0.2) is 46.9 Å². The quantitative estimate of drug-likeness (QED) is 0.637. The molecule has 5 nitrogen and oxygen atoms in total. The molecule has 0 aromatic carbocycles. The van der Waals surface area contributed by atoms with Crippen LogP contribution < -0.4 is 4.57 Å². The molecule has 1 aliphatic carbocycles. The molecule has 1 saturated carbocycles. The molecule has 0 spiro atoms. The van der Waals surface area contributed by atoms with Gasteiger partial charge in [0.1, 0.15) is 6.04 Å². The third-order valence-electron chi connectivity index (χ3n) is 7.13. The number of rotatable bonds is 5. The molecule has 1 aromatic rings. The predicted molar refractivity (Wildman–Crippen MR) is 125 cm³/mol. The lowest BCUT2D eigenvalue weighted by Crippen LogP contribution is -2.60. The minimum atomic E-state index is -0.118. The van der Waals surface area contributed by atoms with Crippen molar-refractivity contribution in [3.05, 3.63) is 47.4 Å². The molecule has 166 valence electrons. The van der Waals surface area contributed by atoms with Crippen molar-refractivity contribution in [1.29, 1.82) is 0 Å². The number of amides is 1. The van der Waals surface area contributed by atoms with Crippen molar-refractivity contribution in [2.75, 3.05) is 7.05 Å². The summed E-state index contributed by atoms with van der Waals surface area (Å²) in [5.74, 6) is 1.21. The molecule has 31 heavy (non-hydrogen) atoms. The van der Waals surface area contributed by atoms with E-state index in [1.807, 2.05) is 11.9 Å². The highest BCUT2D eigenvalue weighted by Crippen LogP contribution is 2.36. The van der Waals surface area contributed by atoms with Crippen LogP contribution in [0.25, 0.3) is 5.70 Å². The molecule has 2 fully saturated rings. The van der Waals surface area contributed by atoms with E-state index in [1.165, 1.54) is 18.4 Å². The summed E-state index contributed by atoms with van der Waals surface area (Å²) in [5.41, 5.74) is 4.56. The molecule has 0 radical (unpaired) electrons. The number of piperazine rings is 1. The minimum Gasteiger partial charge on any atom is -0.340 e. The zero-order chi connectivity index (χ0) is 22.1. The van der Waals surface area contributed by atoms with Crippen LogP contribution in [-0.4, -0.2) is 40.7 Å². The highest BCUT2D eigenvalue weighted by atomic mass is 16.2. The fourth-order valence-corrected chi connectivity index (χ4v) is 5.24. The summed E-state index contributed by atoms with van der Waals surface area (Å²) in [6.07, 6.45) is 13.9. The van der Waals surface area contributed by atoms with Crippen LogP contribution in [0.5, 0.6) is 0 Å². The average Bonchev–Trinajstić information content (AvgIpc) is 3.23. The van der Waals surface area contributed by atoms with Gasteiger partial charge in [0.15, 0.2) is 24.3 Å². The van der Waals surface area contributed by atoms with Crippen molar-refractivity contribution in [2.24, 2.45) is 4.99 Å². The Kier molecular flexibility index (Phi) is 6.31. The number of hydrogen-bond donors (Lipinski definition) is 0. The summed E-state index contributed by atoms with van der Waals surface area (Å²) in [7, 11) is 1.92. The van der Waals surface area contributed by atoms with Gasteiger partial charge in [0.05, 0.1) is 11.4 Å². The van der Waals surface area contributed by atoms with Gasteiger partial charge in [-0.3, -0.25) is 4.79 Å². The van der Waals surface area contributed by atoms with Crippen LogP contribution in [-0.2, 0) is 4.79 Å². The van der Waals surface area contributed by atoms with Crippen LogP contribution in [0.1, 0.15) is 84.2 Å². The fraction of sp³-hybridized carbons (Fsp3) is 0.577. The van der Waals surface area contributed by atoms with Gasteiger partial charge in [-0.15, -0.1) is 0 Å². The molecule has 0 N–H and O–H groups in total. The van der Waals surface area contributed by atoms with Crippen molar-refractivity contribution in [2.45, 2.75) is 90.8 Å². The summed E-state index contributed by atoms with van der Waals surface area (Å²) in [6, 6.07) is 5.10. The number of aromatic nitrogens is 1. The second-order valence-corrected chi connectivity index (χ2v) is 9.33. The number of hydrogen-bond acceptors (Lipinski definition) is 3. The molecule has 1 saturated heterocycles. The first-order valence-electron chi connectivity index (χ1n) is 12.0. The van der Waals surface area contributed by atoms with E-state index in [-0.39, 0.29) is 11.9 Å². The van der Waals surface area contributed by atoms with E-state index in [0.717, 1.165) is 54.9 Å². The first kappa shape index (κ1) is 21.8. The molecular formula is C26H37N4O+. The third kappa shape index (κ3) is 3.95. The SMILES string of the molecule is CCC1=C(c2cc[n+](C(C)C)cc2)N=C2C(=CC1)N(C)C(=O)C(CC)N2C1CCCC1. The molecule has 1 unspecified atom stereocenters. The first-order valence-corrected chi connectivity index (χ1v) is 12.0. The standard InChI is InChI=1S/C26H37N4O/c1-6-19-12-13-23-25(27-24(19)20-14-16-29(17-15-20)18(3)4)30(21-10-8-9-11-21)22(7-2)26(31)28(23)5/h13-18,21-22H,6-12H2,1-5H3/q+1. The highest BCUT2D eigenvalue weighted by Gasteiger charge is 2.43. The number of nitrogens with zero attached hydrogens (tertiary/aromatic N) is 4. The number of carbonyl (C=O) groups excluding carboxylic acids is 1. The van der Waals surface area contributed by atoms with Gasteiger partial charge in [-0.2, -0.15) is 0 Å². The van der Waals surface area contributed by atoms with Crippen molar-refractivity contribution in [3.63, 3.8) is 0 Å². The maximum absolute atomic E-state index is 13.3. The number of allylic oxidation sites excluding steroid dienone is 2. The normalized spacial score (nSPS) is 22.6. The second kappa shape index (κ2) is 8.97. The molecule has 2 aliphatic heterocycles. The van der Waals surface area contributed by atoms with E-state index >= 15 is 0 Å². The average molecular weight is 422 g/mol. The van der Waals surface area contributed by atoms with Crippen LogP contribution in [0, 0.1) is 0 Å². The number of fused-ring (bicyclic) bond motifs is 1. The lowest BCUT2D eigenvalue weighted by molar-refractivity contribution is -0.716. The second-order valence-electron chi connectivity index (χ2n) is 9.33. The van der Waals surface area contributed by atoms with Gasteiger partial charge in [-0.05, 0) is 51.5 Å². The maximum Gasteiger partial charge on any atom is 0.249 e. The van der Waals surface area contributed by atoms with Gasteiger partial charge in [0.25, 0.3) is 0 Å². The maximum atomic E-state index is 13.3. The Hall–Kier alpha value is -2.43. The van der Waals surface area contributed by atoms with Gasteiger partial charge >= 0.3 is 0 Å². The Morgan fingerprint density at radius 3 is 2.42 bits per heavy atom. The lowest BCUT2D eigenvalue weighted by Gasteiger charge is -2.45. The Bertz CT molecular complexity index is 919. The summed E-state index contributed by atoms with van der Waals surface area (Å²) >= 11 is 0. The number of likely N-dealkylation sites (N-methyl/N-ethyl adjacent to an activating group) is 1. The molecule has 3 aliphatic rings. The number of aliphatic imine (C=N–C) groups is 1. The van der Waals surface area contributed by atoms with Crippen molar-refractivity contribution < 1.29 is 9.36 Å². The molecule has 1 amide bonds. The molecule has 1 aromatic heterocycles. The monoisotopic (exact) mass is 421 g/mol. The molecular weight excluding hydrogens is 384 g/mol. The number of carbonyl (C=O) groups is 1. The smallest absolute Gasteiger partial charge is 0.249 e. The Balaban J connectivity index is 1.84. The zero-order valence-electron chi connectivity index (χ0n) is 19.8. The minimum absolute atomic E-state index is 0.118. The van der Waals surface area contributed by atoms with Crippen molar-refractivity contribution in [3.8, 4) is 0 Å². The largest absolute Gasteiger partial charge is 0.340 e. The molecule has 1 atom stereocenters. The third-order valence-corrected chi connectivity index (χ3v) is 7.13. The Morgan fingerprint density at radius 1 is 1.16 bits per heavy atom. The van der Waals surface area contributed by atoms with Gasteiger partial charge in [0.2, 0.25) is 5.91 Å². The van der Waals surface area contributed by atoms with Crippen molar-refractivity contribution in [1.82, 2.24) is 9.80 Å². The van der Waals surface area contributed by atoms with E-state index in [1.54, 1.807) is 0 Å². The fourth-order valence-electron chi connectivity index (χ4n) is 5.24. The Labute approximate surface area is 187 Å². The Morgan fingerprint density at radius 2 is 1.84 bits per heavy atom. The summed E-state index contributed by atoms with van der Waals surface area (Å²) < 4.78 is 2.22. The van der Waals surface area contributed by atoms with Gasteiger partial charge in [-0.1, -0.05) is 32.8 Å². The van der Waals surface area contributed by atoms with E-state index in [9.17, 15) is 4.79 Å². The first-order chi connectivity index (χ1) is 15.0. The van der Waals surface area contributed by atoms with E-state index in [4.69, 9.17) is 4.99 Å². The van der Waals surface area contributed by atoms with E-state index < -0.39 is 0 Å². The lowest BCUT2D eigenvalue weighted by atomic mass is 10.0. The van der Waals surface area contributed by atoms with E-state index in [2.05, 4.69) is 67.8 Å². The van der Waals surface area contributed by atoms with E-state index in [0.29, 0.717) is 12.1 Å². The van der Waals surface area contributed by atoms with Gasteiger partial charge in [-0.25, -0.2) is 9.56 Å². The van der Waals surface area contributed by atoms with Crippen LogP contribution in [0.4, 0.5) is 0 Å². The van der Waals surface area contributed by atoms with Crippen LogP contribution in [0.2, 0.25) is 0 Å². The number of amidine groups is 1. The predicted octanol–water partition coefficient (Wildman–Crippen LogP) is 4.86. The zero-order valence-corrected chi connectivity index (χ0v) is 19.8. The van der Waals surface area contributed by atoms with Crippen LogP contribution in [0.3, 0.4) is 0 Å². The molecule has 4 rings (SSSR count). The molecule has 3 heterocycles. The summed E-state index contributed by atoms with van der Waals surface area (Å²) in [4.78, 5) is 22.9.